The van der Waals surface area contributed by atoms with Gasteiger partial charge in [0.1, 0.15) is 10.8 Å². The Kier molecular flexibility index (Phi) is 4.63. The van der Waals surface area contributed by atoms with Crippen molar-refractivity contribution < 1.29 is 4.74 Å². The van der Waals surface area contributed by atoms with Crippen LogP contribution in [0.25, 0.3) is 0 Å². The minimum absolute atomic E-state index is 0.450. The Hall–Kier alpha value is -2.44. The van der Waals surface area contributed by atoms with Crippen molar-refractivity contribution in [2.24, 2.45) is 0 Å². The quantitative estimate of drug-likeness (QED) is 0.574. The number of rotatable bonds is 0. The molecule has 5 nitrogen and oxygen atoms in total. The lowest BCUT2D eigenvalue weighted by Gasteiger charge is -2.11. The third kappa shape index (κ3) is 3.97. The molecule has 6 bridgehead atoms. The summed E-state index contributed by atoms with van der Waals surface area (Å²) in [5, 5.41) is 6.89. The summed E-state index contributed by atoms with van der Waals surface area (Å²) in [6.45, 7) is 0.625. The number of hydrogen-bond donors (Lipinski definition) is 2. The molecule has 3 aromatic rings. The van der Waals surface area contributed by atoms with E-state index in [4.69, 9.17) is 16.3 Å². The van der Waals surface area contributed by atoms with Crippen molar-refractivity contribution in [1.29, 1.82) is 0 Å². The standard InChI is InChI=1S/C18H15ClN4OS/c19-16-11-20-18-22-13-4-2-6-15(10-13)25-8-7-24-14-5-1-3-12(9-14)21-17(16)23-18/h1-6,9-11H,7-8H2,(H2,20,21,22,23). The van der Waals surface area contributed by atoms with Crippen molar-refractivity contribution in [2.75, 3.05) is 23.0 Å². The fourth-order valence-electron chi connectivity index (χ4n) is 2.43. The number of ether oxygens (including phenoxy) is 1. The summed E-state index contributed by atoms with van der Waals surface area (Å²) in [5.41, 5.74) is 1.78. The highest BCUT2D eigenvalue weighted by Crippen LogP contribution is 2.28. The molecule has 2 N–H and O–H groups in total. The molecule has 0 fully saturated rings. The molecule has 0 radical (unpaired) electrons. The van der Waals surface area contributed by atoms with Gasteiger partial charge in [-0.3, -0.25) is 0 Å². The van der Waals surface area contributed by atoms with Crippen LogP contribution in [0, 0.1) is 0 Å². The second-order valence-electron chi connectivity index (χ2n) is 5.39. The average molecular weight is 371 g/mol. The minimum Gasteiger partial charge on any atom is -0.493 e. The van der Waals surface area contributed by atoms with E-state index < -0.39 is 0 Å². The summed E-state index contributed by atoms with van der Waals surface area (Å²) in [6, 6.07) is 15.8. The van der Waals surface area contributed by atoms with Crippen LogP contribution in [0.5, 0.6) is 5.75 Å². The van der Waals surface area contributed by atoms with E-state index in [2.05, 4.69) is 32.7 Å². The minimum atomic E-state index is 0.450. The summed E-state index contributed by atoms with van der Waals surface area (Å²) in [6.07, 6.45) is 1.58. The predicted octanol–water partition coefficient (Wildman–Crippen LogP) is 5.10. The monoisotopic (exact) mass is 370 g/mol. The molecule has 2 aromatic carbocycles. The van der Waals surface area contributed by atoms with E-state index in [9.17, 15) is 0 Å². The molecule has 7 heteroatoms. The van der Waals surface area contributed by atoms with Crippen LogP contribution in [0.2, 0.25) is 5.02 Å². The normalized spacial score (nSPS) is 13.5. The Morgan fingerprint density at radius 3 is 2.80 bits per heavy atom. The Balaban J connectivity index is 1.73. The third-order valence-electron chi connectivity index (χ3n) is 3.55. The van der Waals surface area contributed by atoms with Crippen molar-refractivity contribution in [3.63, 3.8) is 0 Å². The van der Waals surface area contributed by atoms with Gasteiger partial charge in [0.05, 0.1) is 12.8 Å². The van der Waals surface area contributed by atoms with Crippen LogP contribution < -0.4 is 15.4 Å². The molecular weight excluding hydrogens is 356 g/mol. The summed E-state index contributed by atoms with van der Waals surface area (Å²) in [7, 11) is 0. The highest BCUT2D eigenvalue weighted by atomic mass is 35.5. The molecular formula is C18H15ClN4OS. The fourth-order valence-corrected chi connectivity index (χ4v) is 3.35. The van der Waals surface area contributed by atoms with Crippen molar-refractivity contribution in [1.82, 2.24) is 9.97 Å². The Morgan fingerprint density at radius 1 is 1.04 bits per heavy atom. The lowest BCUT2D eigenvalue weighted by Crippen LogP contribution is -2.02. The first-order chi connectivity index (χ1) is 12.3. The number of nitrogens with one attached hydrogen (secondary N) is 2. The van der Waals surface area contributed by atoms with Gasteiger partial charge in [-0.2, -0.15) is 4.98 Å². The van der Waals surface area contributed by atoms with E-state index in [1.54, 1.807) is 18.0 Å². The molecule has 25 heavy (non-hydrogen) atoms. The van der Waals surface area contributed by atoms with Crippen LogP contribution in [-0.4, -0.2) is 22.3 Å². The van der Waals surface area contributed by atoms with E-state index in [-0.39, 0.29) is 0 Å². The number of aromatic nitrogens is 2. The molecule has 0 unspecified atom stereocenters. The molecule has 126 valence electrons. The zero-order valence-corrected chi connectivity index (χ0v) is 14.8. The number of nitrogens with zero attached hydrogens (tertiary/aromatic N) is 2. The van der Waals surface area contributed by atoms with E-state index in [1.165, 1.54) is 0 Å². The summed E-state index contributed by atoms with van der Waals surface area (Å²) in [4.78, 5) is 9.89. The van der Waals surface area contributed by atoms with Gasteiger partial charge < -0.3 is 15.4 Å². The van der Waals surface area contributed by atoms with Crippen LogP contribution in [0.3, 0.4) is 0 Å². The van der Waals surface area contributed by atoms with Gasteiger partial charge in [0, 0.05) is 28.1 Å². The molecule has 1 aromatic heterocycles. The smallest absolute Gasteiger partial charge is 0.229 e. The second kappa shape index (κ2) is 7.21. The average Bonchev–Trinajstić information content (AvgIpc) is 2.62. The maximum atomic E-state index is 6.24. The molecule has 0 spiro atoms. The van der Waals surface area contributed by atoms with Crippen LogP contribution >= 0.6 is 23.4 Å². The topological polar surface area (TPSA) is 59.1 Å². The molecule has 4 rings (SSSR count). The van der Waals surface area contributed by atoms with Gasteiger partial charge in [-0.15, -0.1) is 11.8 Å². The Bertz CT molecular complexity index is 906. The van der Waals surface area contributed by atoms with E-state index in [0.29, 0.717) is 23.4 Å². The van der Waals surface area contributed by atoms with Crippen LogP contribution in [0.1, 0.15) is 0 Å². The van der Waals surface area contributed by atoms with Gasteiger partial charge in [0.25, 0.3) is 0 Å². The van der Waals surface area contributed by atoms with Crippen LogP contribution in [0.4, 0.5) is 23.1 Å². The fraction of sp³-hybridized carbons (Fsp3) is 0.111. The van der Waals surface area contributed by atoms with Crippen molar-refractivity contribution in [2.45, 2.75) is 4.90 Å². The van der Waals surface area contributed by atoms with Crippen molar-refractivity contribution in [3.05, 3.63) is 59.8 Å². The van der Waals surface area contributed by atoms with Gasteiger partial charge in [-0.25, -0.2) is 4.98 Å². The zero-order chi connectivity index (χ0) is 17.1. The number of benzene rings is 2. The predicted molar refractivity (Wildman–Crippen MR) is 103 cm³/mol. The van der Waals surface area contributed by atoms with E-state index in [1.807, 2.05) is 36.4 Å². The first kappa shape index (κ1) is 16.1. The largest absolute Gasteiger partial charge is 0.493 e. The van der Waals surface area contributed by atoms with Gasteiger partial charge in [-0.05, 0) is 30.3 Å². The van der Waals surface area contributed by atoms with E-state index >= 15 is 0 Å². The lowest BCUT2D eigenvalue weighted by atomic mass is 10.3. The van der Waals surface area contributed by atoms with Gasteiger partial charge in [-0.1, -0.05) is 23.7 Å². The van der Waals surface area contributed by atoms with Gasteiger partial charge in [0.15, 0.2) is 5.82 Å². The van der Waals surface area contributed by atoms with Crippen LogP contribution in [-0.2, 0) is 0 Å². The number of fused-ring (bicyclic) bond motifs is 6. The summed E-state index contributed by atoms with van der Waals surface area (Å²) < 4.78 is 5.84. The van der Waals surface area contributed by atoms with Gasteiger partial charge in [0.2, 0.25) is 5.95 Å². The molecule has 1 aliphatic heterocycles. The first-order valence-corrected chi connectivity index (χ1v) is 9.15. The number of anilines is 4. The molecule has 0 saturated heterocycles. The van der Waals surface area contributed by atoms with E-state index in [0.717, 1.165) is 27.8 Å². The zero-order valence-electron chi connectivity index (χ0n) is 13.2. The molecule has 0 saturated carbocycles. The van der Waals surface area contributed by atoms with Crippen molar-refractivity contribution in [3.8, 4) is 5.75 Å². The molecule has 0 aliphatic carbocycles. The molecule has 0 amide bonds. The lowest BCUT2D eigenvalue weighted by molar-refractivity contribution is 0.344. The molecule has 2 heterocycles. The number of hydrogen-bond acceptors (Lipinski definition) is 6. The SMILES string of the molecule is Clc1cnc2nc1Nc1cccc(c1)OCCSc1cccc(c1)N2. The number of halogens is 1. The summed E-state index contributed by atoms with van der Waals surface area (Å²) >= 11 is 7.98. The van der Waals surface area contributed by atoms with Crippen molar-refractivity contribution >= 4 is 46.5 Å². The van der Waals surface area contributed by atoms with Gasteiger partial charge >= 0.3 is 0 Å². The summed E-state index contributed by atoms with van der Waals surface area (Å²) in [5.74, 6) is 2.68. The second-order valence-corrected chi connectivity index (χ2v) is 6.97. The maximum absolute atomic E-state index is 6.24. The molecule has 0 atom stereocenters. The highest BCUT2D eigenvalue weighted by molar-refractivity contribution is 7.99. The highest BCUT2D eigenvalue weighted by Gasteiger charge is 2.08. The first-order valence-electron chi connectivity index (χ1n) is 7.79. The maximum Gasteiger partial charge on any atom is 0.229 e. The Labute approximate surface area is 154 Å². The third-order valence-corrected chi connectivity index (χ3v) is 4.79. The Morgan fingerprint density at radius 2 is 1.88 bits per heavy atom. The molecule has 1 aliphatic rings. The van der Waals surface area contributed by atoms with Crippen LogP contribution in [0.15, 0.2) is 59.6 Å². The number of thioether (sulfide) groups is 1.